The van der Waals surface area contributed by atoms with Gasteiger partial charge in [-0.15, -0.1) is 0 Å². The fraction of sp³-hybridized carbons (Fsp3) is 0.500. The molecule has 0 radical (unpaired) electrons. The Balaban J connectivity index is 1.26. The topological polar surface area (TPSA) is 91.0 Å². The molecule has 8 atom stereocenters. The lowest BCUT2D eigenvalue weighted by atomic mass is 9.73. The minimum Gasteiger partial charge on any atom is -0.359 e. The van der Waals surface area contributed by atoms with Crippen LogP contribution in [-0.4, -0.2) is 71.4 Å². The second-order valence-corrected chi connectivity index (χ2v) is 13.3. The minimum absolute atomic E-state index is 0.0360. The molecule has 4 aliphatic rings. The van der Waals surface area contributed by atoms with Gasteiger partial charge in [0.2, 0.25) is 17.7 Å². The van der Waals surface area contributed by atoms with Crippen LogP contribution in [0, 0.1) is 23.7 Å². The summed E-state index contributed by atoms with van der Waals surface area (Å²) in [6.45, 7) is 6.06. The first-order valence-corrected chi connectivity index (χ1v) is 15.8. The highest BCUT2D eigenvalue weighted by molar-refractivity contribution is 6.30. The molecule has 43 heavy (non-hydrogen) atoms. The predicted octanol–water partition coefficient (Wildman–Crippen LogP) is 4.50. The van der Waals surface area contributed by atoms with Crippen molar-refractivity contribution in [2.75, 3.05) is 25.5 Å². The molecule has 2 saturated heterocycles. The van der Waals surface area contributed by atoms with Gasteiger partial charge in [0, 0.05) is 36.4 Å². The first-order chi connectivity index (χ1) is 20.7. The van der Waals surface area contributed by atoms with Gasteiger partial charge in [-0.25, -0.2) is 0 Å². The molecule has 6 rings (SSSR count). The van der Waals surface area contributed by atoms with E-state index >= 15 is 0 Å². The lowest BCUT2D eigenvalue weighted by Gasteiger charge is -2.38. The van der Waals surface area contributed by atoms with Crippen LogP contribution in [0.3, 0.4) is 0 Å². The molecular formula is C34H41ClN4O4. The van der Waals surface area contributed by atoms with E-state index in [1.165, 1.54) is 5.56 Å². The first kappa shape index (κ1) is 29.9. The normalized spacial score (nSPS) is 32.7. The standard InChI is InChI=1S/C34H41ClN4O4/c1-21-9-7-14-26(22(21)2)37-32(41)30-34-16-15-27(43-34)28(31(40)36-25-13-8-12-24(35)19-25)29(34)33(42)39(30)18-17-38(3)20-23-10-5-4-6-11-23/h4-6,8,10-13,15-16,19,21-22,26-30H,7,9,14,17-18,20H2,1-3H3,(H,36,40)(H,37,41)/t21?,22?,26?,27-,28?,29-,30?,34?/m1/s1. The van der Waals surface area contributed by atoms with Crippen molar-refractivity contribution >= 4 is 35.0 Å². The predicted molar refractivity (Wildman–Crippen MR) is 166 cm³/mol. The number of hydrogen-bond acceptors (Lipinski definition) is 5. The number of carbonyl (C=O) groups is 3. The van der Waals surface area contributed by atoms with Gasteiger partial charge in [-0.05, 0) is 49.1 Å². The fourth-order valence-corrected chi connectivity index (χ4v) is 7.79. The lowest BCUT2D eigenvalue weighted by molar-refractivity contribution is -0.141. The molecule has 1 aliphatic carbocycles. The summed E-state index contributed by atoms with van der Waals surface area (Å²) < 4.78 is 6.52. The average Bonchev–Trinajstić information content (AvgIpc) is 3.62. The summed E-state index contributed by atoms with van der Waals surface area (Å²) in [5, 5.41) is 6.76. The van der Waals surface area contributed by atoms with Gasteiger partial charge in [-0.1, -0.05) is 86.8 Å². The van der Waals surface area contributed by atoms with E-state index in [0.29, 0.717) is 35.6 Å². The summed E-state index contributed by atoms with van der Waals surface area (Å²) in [5.74, 6) is -1.43. The van der Waals surface area contributed by atoms with Crippen molar-refractivity contribution in [2.24, 2.45) is 23.7 Å². The maximum absolute atomic E-state index is 14.3. The molecule has 2 aromatic carbocycles. The zero-order valence-electron chi connectivity index (χ0n) is 25.0. The van der Waals surface area contributed by atoms with Crippen LogP contribution in [0.5, 0.6) is 0 Å². The molecule has 0 aromatic heterocycles. The van der Waals surface area contributed by atoms with Crippen molar-refractivity contribution in [3.8, 4) is 0 Å². The molecule has 3 heterocycles. The van der Waals surface area contributed by atoms with E-state index in [0.717, 1.165) is 25.8 Å². The Labute approximate surface area is 258 Å². The number of carbonyl (C=O) groups excluding carboxylic acids is 3. The van der Waals surface area contributed by atoms with Gasteiger partial charge in [0.1, 0.15) is 11.6 Å². The Hall–Kier alpha value is -3.20. The van der Waals surface area contributed by atoms with Crippen LogP contribution >= 0.6 is 11.6 Å². The highest BCUT2D eigenvalue weighted by atomic mass is 35.5. The number of halogens is 1. The maximum Gasteiger partial charge on any atom is 0.246 e. The van der Waals surface area contributed by atoms with Crippen LogP contribution < -0.4 is 10.6 Å². The lowest BCUT2D eigenvalue weighted by Crippen LogP contribution is -2.58. The van der Waals surface area contributed by atoms with Gasteiger partial charge in [-0.3, -0.25) is 14.4 Å². The van der Waals surface area contributed by atoms with Crippen molar-refractivity contribution < 1.29 is 19.1 Å². The maximum atomic E-state index is 14.3. The number of fused-ring (bicyclic) bond motifs is 1. The van der Waals surface area contributed by atoms with Crippen molar-refractivity contribution in [1.29, 1.82) is 0 Å². The van der Waals surface area contributed by atoms with Crippen molar-refractivity contribution in [3.63, 3.8) is 0 Å². The minimum atomic E-state index is -1.19. The van der Waals surface area contributed by atoms with Gasteiger partial charge in [0.05, 0.1) is 17.9 Å². The third-order valence-corrected chi connectivity index (χ3v) is 10.3. The Bertz CT molecular complexity index is 1400. The Morgan fingerprint density at radius 1 is 1.09 bits per heavy atom. The fourth-order valence-electron chi connectivity index (χ4n) is 7.60. The highest BCUT2D eigenvalue weighted by Gasteiger charge is 2.72. The summed E-state index contributed by atoms with van der Waals surface area (Å²) in [5.41, 5.74) is 0.535. The number of rotatable bonds is 9. The molecule has 2 N–H and O–H groups in total. The van der Waals surface area contributed by atoms with E-state index in [9.17, 15) is 14.4 Å². The number of ether oxygens (including phenoxy) is 1. The molecule has 1 spiro atoms. The molecule has 3 amide bonds. The molecule has 8 nitrogen and oxygen atoms in total. The molecule has 228 valence electrons. The van der Waals surface area contributed by atoms with Crippen LogP contribution in [0.2, 0.25) is 5.02 Å². The molecule has 3 fully saturated rings. The van der Waals surface area contributed by atoms with E-state index in [1.54, 1.807) is 29.2 Å². The largest absolute Gasteiger partial charge is 0.359 e. The highest BCUT2D eigenvalue weighted by Crippen LogP contribution is 2.55. The van der Waals surface area contributed by atoms with Crippen LogP contribution in [0.1, 0.15) is 38.7 Å². The van der Waals surface area contributed by atoms with E-state index in [1.807, 2.05) is 37.4 Å². The SMILES string of the molecule is CC1CCCC(NC(=O)C2N(CCN(C)Cc3ccccc3)C(=O)[C@H]3C(C(=O)Nc4cccc(Cl)c4)[C@H]4C=CC23O4)C1C. The van der Waals surface area contributed by atoms with E-state index in [2.05, 4.69) is 41.5 Å². The monoisotopic (exact) mass is 604 g/mol. The number of anilines is 1. The Morgan fingerprint density at radius 2 is 1.88 bits per heavy atom. The Morgan fingerprint density at radius 3 is 2.65 bits per heavy atom. The second kappa shape index (κ2) is 12.1. The molecule has 2 aromatic rings. The van der Waals surface area contributed by atoms with Gasteiger partial charge >= 0.3 is 0 Å². The summed E-state index contributed by atoms with van der Waals surface area (Å²) >= 11 is 6.15. The van der Waals surface area contributed by atoms with Crippen LogP contribution in [0.4, 0.5) is 5.69 Å². The van der Waals surface area contributed by atoms with Crippen molar-refractivity contribution in [2.45, 2.75) is 63.4 Å². The van der Waals surface area contributed by atoms with Crippen LogP contribution in [0.15, 0.2) is 66.7 Å². The van der Waals surface area contributed by atoms with Gasteiger partial charge in [0.25, 0.3) is 0 Å². The summed E-state index contributed by atoms with van der Waals surface area (Å²) in [7, 11) is 2.01. The van der Waals surface area contributed by atoms with Crippen molar-refractivity contribution in [3.05, 3.63) is 77.3 Å². The third kappa shape index (κ3) is 5.61. The van der Waals surface area contributed by atoms with Crippen LogP contribution in [0.25, 0.3) is 0 Å². The van der Waals surface area contributed by atoms with E-state index in [-0.39, 0.29) is 23.8 Å². The summed E-state index contributed by atoms with van der Waals surface area (Å²) in [6, 6.07) is 16.3. The average molecular weight is 605 g/mol. The molecule has 2 bridgehead atoms. The Kier molecular flexibility index (Phi) is 8.37. The van der Waals surface area contributed by atoms with Gasteiger partial charge in [0.15, 0.2) is 0 Å². The first-order valence-electron chi connectivity index (χ1n) is 15.4. The van der Waals surface area contributed by atoms with Crippen molar-refractivity contribution in [1.82, 2.24) is 15.1 Å². The van der Waals surface area contributed by atoms with E-state index in [4.69, 9.17) is 16.3 Å². The quantitative estimate of drug-likeness (QED) is 0.411. The summed E-state index contributed by atoms with van der Waals surface area (Å²) in [6.07, 6.45) is 6.26. The molecular weight excluding hydrogens is 564 g/mol. The summed E-state index contributed by atoms with van der Waals surface area (Å²) in [4.78, 5) is 46.1. The molecule has 3 aliphatic heterocycles. The van der Waals surface area contributed by atoms with Gasteiger partial charge in [-0.2, -0.15) is 0 Å². The molecule has 1 saturated carbocycles. The number of likely N-dealkylation sites (N-methyl/N-ethyl adjacent to an activating group) is 1. The number of benzene rings is 2. The van der Waals surface area contributed by atoms with Crippen LogP contribution in [-0.2, 0) is 25.7 Å². The molecule has 9 heteroatoms. The zero-order chi connectivity index (χ0) is 30.3. The van der Waals surface area contributed by atoms with Gasteiger partial charge < -0.3 is 25.2 Å². The number of nitrogens with zero attached hydrogens (tertiary/aromatic N) is 2. The van der Waals surface area contributed by atoms with E-state index < -0.39 is 29.6 Å². The number of amides is 3. The smallest absolute Gasteiger partial charge is 0.246 e. The molecule has 6 unspecified atom stereocenters. The third-order valence-electron chi connectivity index (χ3n) is 10.1. The number of likely N-dealkylation sites (tertiary alicyclic amines) is 1. The second-order valence-electron chi connectivity index (χ2n) is 12.8. The zero-order valence-corrected chi connectivity index (χ0v) is 25.8. The number of nitrogens with one attached hydrogen (secondary N) is 2. The number of hydrogen-bond donors (Lipinski definition) is 2.